The number of rotatable bonds is 4. The van der Waals surface area contributed by atoms with Crippen LogP contribution in [0.15, 0.2) is 54.6 Å². The molecule has 172 valence electrons. The molecule has 2 aromatic carbocycles. The monoisotopic (exact) mass is 445 g/mol. The number of benzene rings is 2. The standard InChI is InChI=1S/C27H31N3O3/c1-17-16-23(28-19-10-4-3-5-11-19)22-14-8-9-15-24(22)29(17)25(31)18(2)30-26(32)20-12-6-7-13-21(20)27(30)33/h3-5,8-11,14-15,17-18,20-21,23,28H,6-7,12-13,16H2,1-2H3/t17-,18+,20+,21+,23+/m1/s1. The molecule has 1 saturated heterocycles. The third kappa shape index (κ3) is 3.71. The van der Waals surface area contributed by atoms with Crippen LogP contribution in [0.2, 0.25) is 0 Å². The highest BCUT2D eigenvalue weighted by molar-refractivity contribution is 6.10. The van der Waals surface area contributed by atoms with E-state index in [0.29, 0.717) is 0 Å². The molecule has 2 aromatic rings. The zero-order valence-corrected chi connectivity index (χ0v) is 19.2. The zero-order chi connectivity index (χ0) is 23.1. The van der Waals surface area contributed by atoms with Crippen molar-refractivity contribution in [3.05, 3.63) is 60.2 Å². The summed E-state index contributed by atoms with van der Waals surface area (Å²) in [7, 11) is 0. The van der Waals surface area contributed by atoms with Crippen molar-refractivity contribution in [3.8, 4) is 0 Å². The van der Waals surface area contributed by atoms with Crippen LogP contribution in [0.4, 0.5) is 11.4 Å². The van der Waals surface area contributed by atoms with Crippen LogP contribution in [0, 0.1) is 11.8 Å². The van der Waals surface area contributed by atoms with Gasteiger partial charge in [0.05, 0.1) is 17.9 Å². The number of imide groups is 1. The average Bonchev–Trinajstić information content (AvgIpc) is 3.09. The first-order valence-corrected chi connectivity index (χ1v) is 12.1. The minimum absolute atomic E-state index is 0.0656. The second-order valence-electron chi connectivity index (χ2n) is 9.63. The van der Waals surface area contributed by atoms with E-state index in [1.54, 1.807) is 11.8 Å². The van der Waals surface area contributed by atoms with Crippen LogP contribution in [0.3, 0.4) is 0 Å². The first-order valence-electron chi connectivity index (χ1n) is 12.1. The van der Waals surface area contributed by atoms with E-state index in [1.165, 1.54) is 4.90 Å². The molecule has 1 aliphatic carbocycles. The summed E-state index contributed by atoms with van der Waals surface area (Å²) in [6.07, 6.45) is 4.19. The Hall–Kier alpha value is -3.15. The van der Waals surface area contributed by atoms with Gasteiger partial charge < -0.3 is 10.2 Å². The van der Waals surface area contributed by atoms with E-state index in [4.69, 9.17) is 0 Å². The number of nitrogens with zero attached hydrogens (tertiary/aromatic N) is 2. The molecular weight excluding hydrogens is 414 g/mol. The number of fused-ring (bicyclic) bond motifs is 2. The number of hydrogen-bond donors (Lipinski definition) is 1. The summed E-state index contributed by atoms with van der Waals surface area (Å²) in [5.41, 5.74) is 2.93. The summed E-state index contributed by atoms with van der Waals surface area (Å²) in [5, 5.41) is 3.60. The maximum Gasteiger partial charge on any atom is 0.250 e. The molecule has 1 N–H and O–H groups in total. The zero-order valence-electron chi connectivity index (χ0n) is 19.2. The predicted molar refractivity (Wildman–Crippen MR) is 128 cm³/mol. The number of carbonyl (C=O) groups is 3. The molecule has 33 heavy (non-hydrogen) atoms. The predicted octanol–water partition coefficient (Wildman–Crippen LogP) is 4.53. The van der Waals surface area contributed by atoms with E-state index in [2.05, 4.69) is 5.32 Å². The first kappa shape index (κ1) is 21.7. The molecule has 2 heterocycles. The fourth-order valence-corrected chi connectivity index (χ4v) is 5.90. The van der Waals surface area contributed by atoms with Gasteiger partial charge in [0.1, 0.15) is 6.04 Å². The number of anilines is 2. The van der Waals surface area contributed by atoms with E-state index in [1.807, 2.05) is 61.5 Å². The maximum absolute atomic E-state index is 13.8. The van der Waals surface area contributed by atoms with Crippen molar-refractivity contribution in [2.45, 2.75) is 64.1 Å². The minimum atomic E-state index is -0.801. The molecule has 2 fully saturated rings. The van der Waals surface area contributed by atoms with Crippen molar-refractivity contribution < 1.29 is 14.4 Å². The molecule has 0 spiro atoms. The number of carbonyl (C=O) groups excluding carboxylic acids is 3. The van der Waals surface area contributed by atoms with Gasteiger partial charge in [0, 0.05) is 17.4 Å². The summed E-state index contributed by atoms with van der Waals surface area (Å²) in [6, 6.07) is 17.2. The van der Waals surface area contributed by atoms with Crippen LogP contribution in [0.25, 0.3) is 0 Å². The molecule has 5 rings (SSSR count). The van der Waals surface area contributed by atoms with Gasteiger partial charge in [0.2, 0.25) is 17.7 Å². The quantitative estimate of drug-likeness (QED) is 0.702. The lowest BCUT2D eigenvalue weighted by atomic mass is 9.81. The Morgan fingerprint density at radius 2 is 1.55 bits per heavy atom. The summed E-state index contributed by atoms with van der Waals surface area (Å²) in [4.78, 5) is 43.0. The van der Waals surface area contributed by atoms with Crippen molar-refractivity contribution in [1.82, 2.24) is 4.90 Å². The molecular formula is C27H31N3O3. The number of likely N-dealkylation sites (tertiary alicyclic amines) is 1. The maximum atomic E-state index is 13.8. The topological polar surface area (TPSA) is 69.7 Å². The number of hydrogen-bond acceptors (Lipinski definition) is 4. The van der Waals surface area contributed by atoms with Gasteiger partial charge in [-0.15, -0.1) is 0 Å². The number of para-hydroxylation sites is 2. The Morgan fingerprint density at radius 1 is 0.939 bits per heavy atom. The van der Waals surface area contributed by atoms with E-state index < -0.39 is 6.04 Å². The molecule has 3 aliphatic rings. The normalized spacial score (nSPS) is 27.7. The average molecular weight is 446 g/mol. The van der Waals surface area contributed by atoms with Crippen LogP contribution in [0.5, 0.6) is 0 Å². The highest BCUT2D eigenvalue weighted by Gasteiger charge is 2.51. The van der Waals surface area contributed by atoms with Crippen LogP contribution in [-0.4, -0.2) is 34.7 Å². The van der Waals surface area contributed by atoms with Crippen molar-refractivity contribution in [2.75, 3.05) is 10.2 Å². The Labute approximate surface area is 194 Å². The largest absolute Gasteiger partial charge is 0.378 e. The summed E-state index contributed by atoms with van der Waals surface area (Å²) >= 11 is 0. The van der Waals surface area contributed by atoms with Crippen molar-refractivity contribution >= 4 is 29.1 Å². The van der Waals surface area contributed by atoms with Gasteiger partial charge in [-0.05, 0) is 56.9 Å². The molecule has 3 amide bonds. The van der Waals surface area contributed by atoms with Crippen LogP contribution < -0.4 is 10.2 Å². The second kappa shape index (κ2) is 8.65. The molecule has 6 nitrogen and oxygen atoms in total. The molecule has 0 unspecified atom stereocenters. The minimum Gasteiger partial charge on any atom is -0.378 e. The molecule has 0 bridgehead atoms. The Balaban J connectivity index is 1.42. The van der Waals surface area contributed by atoms with E-state index in [9.17, 15) is 14.4 Å². The van der Waals surface area contributed by atoms with Crippen molar-refractivity contribution in [1.29, 1.82) is 0 Å². The Bertz CT molecular complexity index is 1050. The molecule has 2 aliphatic heterocycles. The van der Waals surface area contributed by atoms with Gasteiger partial charge in [-0.2, -0.15) is 0 Å². The van der Waals surface area contributed by atoms with Gasteiger partial charge >= 0.3 is 0 Å². The lowest BCUT2D eigenvalue weighted by Crippen LogP contribution is -2.54. The van der Waals surface area contributed by atoms with Crippen LogP contribution in [-0.2, 0) is 14.4 Å². The Morgan fingerprint density at radius 3 is 2.21 bits per heavy atom. The lowest BCUT2D eigenvalue weighted by molar-refractivity contribution is -0.146. The highest BCUT2D eigenvalue weighted by Crippen LogP contribution is 2.42. The molecule has 1 saturated carbocycles. The second-order valence-corrected chi connectivity index (χ2v) is 9.63. The summed E-state index contributed by atoms with van der Waals surface area (Å²) in [6.45, 7) is 3.74. The summed E-state index contributed by atoms with van der Waals surface area (Å²) in [5.74, 6) is -0.994. The number of amides is 3. The smallest absolute Gasteiger partial charge is 0.250 e. The highest BCUT2D eigenvalue weighted by atomic mass is 16.2. The van der Waals surface area contributed by atoms with E-state index in [-0.39, 0.29) is 41.6 Å². The molecule has 0 radical (unpaired) electrons. The van der Waals surface area contributed by atoms with Gasteiger partial charge in [0.25, 0.3) is 0 Å². The van der Waals surface area contributed by atoms with Gasteiger partial charge in [-0.3, -0.25) is 19.3 Å². The molecule has 0 aromatic heterocycles. The molecule has 6 heteroatoms. The molecule has 5 atom stereocenters. The van der Waals surface area contributed by atoms with Crippen LogP contribution >= 0.6 is 0 Å². The fourth-order valence-electron chi connectivity index (χ4n) is 5.90. The van der Waals surface area contributed by atoms with Gasteiger partial charge in [-0.1, -0.05) is 49.2 Å². The fraction of sp³-hybridized carbons (Fsp3) is 0.444. The van der Waals surface area contributed by atoms with Crippen LogP contribution in [0.1, 0.15) is 57.6 Å². The van der Waals surface area contributed by atoms with E-state index >= 15 is 0 Å². The van der Waals surface area contributed by atoms with Gasteiger partial charge in [0.15, 0.2) is 0 Å². The Kier molecular flexibility index (Phi) is 5.69. The summed E-state index contributed by atoms with van der Waals surface area (Å²) < 4.78 is 0. The third-order valence-corrected chi connectivity index (χ3v) is 7.56. The lowest BCUT2D eigenvalue weighted by Gasteiger charge is -2.41. The number of nitrogens with one attached hydrogen (secondary N) is 1. The van der Waals surface area contributed by atoms with Crippen molar-refractivity contribution in [2.24, 2.45) is 11.8 Å². The van der Waals surface area contributed by atoms with E-state index in [0.717, 1.165) is 49.0 Å². The first-order chi connectivity index (χ1) is 16.0. The van der Waals surface area contributed by atoms with Gasteiger partial charge in [-0.25, -0.2) is 0 Å². The third-order valence-electron chi connectivity index (χ3n) is 7.56. The SMILES string of the molecule is C[C@@H]1C[C@H](Nc2ccccc2)c2ccccc2N1C(=O)[C@H](C)N1C(=O)[C@H]2CCCC[C@@H]2C1=O. The van der Waals surface area contributed by atoms with Crippen molar-refractivity contribution in [3.63, 3.8) is 0 Å².